The van der Waals surface area contributed by atoms with Crippen molar-refractivity contribution in [2.45, 2.75) is 13.5 Å². The lowest BCUT2D eigenvalue weighted by Crippen LogP contribution is -2.17. The Kier molecular flexibility index (Phi) is 4.62. The first-order chi connectivity index (χ1) is 11.6. The molecule has 0 aliphatic rings. The fourth-order valence-corrected chi connectivity index (χ4v) is 2.55. The summed E-state index contributed by atoms with van der Waals surface area (Å²) >= 11 is 5.93. The molecule has 0 unspecified atom stereocenters. The highest BCUT2D eigenvalue weighted by molar-refractivity contribution is 6.30. The van der Waals surface area contributed by atoms with Crippen molar-refractivity contribution in [3.05, 3.63) is 71.1 Å². The summed E-state index contributed by atoms with van der Waals surface area (Å²) in [4.78, 5) is 12.5. The van der Waals surface area contributed by atoms with Crippen molar-refractivity contribution in [2.24, 2.45) is 0 Å². The van der Waals surface area contributed by atoms with Crippen LogP contribution < -0.4 is 5.32 Å². The molecular formula is C18H15ClFN3O. The second kappa shape index (κ2) is 6.84. The van der Waals surface area contributed by atoms with Gasteiger partial charge in [0.2, 0.25) is 0 Å². The van der Waals surface area contributed by atoms with E-state index in [0.29, 0.717) is 28.6 Å². The van der Waals surface area contributed by atoms with Gasteiger partial charge in [-0.2, -0.15) is 5.10 Å². The fraction of sp³-hybridized carbons (Fsp3) is 0.111. The fourth-order valence-electron chi connectivity index (χ4n) is 2.36. The highest BCUT2D eigenvalue weighted by Crippen LogP contribution is 2.21. The Morgan fingerprint density at radius 2 is 1.96 bits per heavy atom. The monoisotopic (exact) mass is 343 g/mol. The standard InChI is InChI=1S/C18H15ClFN3O/c1-2-23-17(18(24)21-15-5-3-4-13(19)10-15)11-16(22-23)12-6-8-14(20)9-7-12/h3-11H,2H2,1H3,(H,21,24). The molecule has 0 radical (unpaired) electrons. The zero-order chi connectivity index (χ0) is 17.1. The molecule has 3 rings (SSSR count). The third-order valence-corrected chi connectivity index (χ3v) is 3.77. The van der Waals surface area contributed by atoms with Crippen molar-refractivity contribution >= 4 is 23.2 Å². The largest absolute Gasteiger partial charge is 0.321 e. The van der Waals surface area contributed by atoms with Crippen molar-refractivity contribution in [3.8, 4) is 11.3 Å². The number of rotatable bonds is 4. The third-order valence-electron chi connectivity index (χ3n) is 3.53. The molecular weight excluding hydrogens is 329 g/mol. The molecule has 0 fully saturated rings. The van der Waals surface area contributed by atoms with Gasteiger partial charge in [0.25, 0.3) is 5.91 Å². The topological polar surface area (TPSA) is 46.9 Å². The van der Waals surface area contributed by atoms with E-state index in [1.54, 1.807) is 47.1 Å². The molecule has 24 heavy (non-hydrogen) atoms. The number of hydrogen-bond donors (Lipinski definition) is 1. The molecule has 1 N–H and O–H groups in total. The van der Waals surface area contributed by atoms with Crippen molar-refractivity contribution in [2.75, 3.05) is 5.32 Å². The Labute approximate surface area is 143 Å². The zero-order valence-corrected chi connectivity index (χ0v) is 13.7. The molecule has 0 aliphatic heterocycles. The van der Waals surface area contributed by atoms with Gasteiger partial charge in [-0.05, 0) is 55.5 Å². The highest BCUT2D eigenvalue weighted by Gasteiger charge is 2.16. The van der Waals surface area contributed by atoms with E-state index in [1.165, 1.54) is 12.1 Å². The van der Waals surface area contributed by atoms with Gasteiger partial charge in [0.15, 0.2) is 0 Å². The van der Waals surface area contributed by atoms with Crippen molar-refractivity contribution in [3.63, 3.8) is 0 Å². The first-order valence-corrected chi connectivity index (χ1v) is 7.85. The number of amides is 1. The quantitative estimate of drug-likeness (QED) is 0.751. The number of benzene rings is 2. The summed E-state index contributed by atoms with van der Waals surface area (Å²) in [6, 6.07) is 14.6. The van der Waals surface area contributed by atoms with Gasteiger partial charge in [-0.15, -0.1) is 0 Å². The number of halogens is 2. The van der Waals surface area contributed by atoms with Crippen molar-refractivity contribution < 1.29 is 9.18 Å². The summed E-state index contributed by atoms with van der Waals surface area (Å²) in [5.41, 5.74) is 2.41. The molecule has 1 amide bonds. The van der Waals surface area contributed by atoms with Gasteiger partial charge < -0.3 is 5.32 Å². The number of aromatic nitrogens is 2. The highest BCUT2D eigenvalue weighted by atomic mass is 35.5. The lowest BCUT2D eigenvalue weighted by atomic mass is 10.1. The number of nitrogens with one attached hydrogen (secondary N) is 1. The van der Waals surface area contributed by atoms with E-state index in [9.17, 15) is 9.18 Å². The maximum Gasteiger partial charge on any atom is 0.273 e. The van der Waals surface area contributed by atoms with Crippen LogP contribution in [0.2, 0.25) is 5.02 Å². The molecule has 6 heteroatoms. The Hall–Kier alpha value is -2.66. The van der Waals surface area contributed by atoms with E-state index in [0.717, 1.165) is 5.56 Å². The van der Waals surface area contributed by atoms with E-state index < -0.39 is 0 Å². The second-order valence-electron chi connectivity index (χ2n) is 5.20. The number of carbonyl (C=O) groups excluding carboxylic acids is 1. The van der Waals surface area contributed by atoms with Crippen LogP contribution in [0.5, 0.6) is 0 Å². The maximum atomic E-state index is 13.1. The molecule has 2 aromatic carbocycles. The number of anilines is 1. The number of carbonyl (C=O) groups is 1. The summed E-state index contributed by atoms with van der Waals surface area (Å²) in [5, 5.41) is 7.76. The SMILES string of the molecule is CCn1nc(-c2ccc(F)cc2)cc1C(=O)Nc1cccc(Cl)c1. The minimum Gasteiger partial charge on any atom is -0.321 e. The first kappa shape index (κ1) is 16.2. The van der Waals surface area contributed by atoms with Crippen LogP contribution in [0, 0.1) is 5.82 Å². The van der Waals surface area contributed by atoms with Gasteiger partial charge in [-0.25, -0.2) is 4.39 Å². The first-order valence-electron chi connectivity index (χ1n) is 7.47. The minimum atomic E-state index is -0.312. The molecule has 3 aromatic rings. The predicted molar refractivity (Wildman–Crippen MR) is 92.7 cm³/mol. The van der Waals surface area contributed by atoms with E-state index in [2.05, 4.69) is 10.4 Å². The van der Waals surface area contributed by atoms with Crippen LogP contribution in [0.1, 0.15) is 17.4 Å². The summed E-state index contributed by atoms with van der Waals surface area (Å²) < 4.78 is 14.7. The molecule has 1 aromatic heterocycles. The van der Waals surface area contributed by atoms with Crippen LogP contribution in [-0.2, 0) is 6.54 Å². The molecule has 0 saturated carbocycles. The van der Waals surface area contributed by atoms with Crippen LogP contribution >= 0.6 is 11.6 Å². The van der Waals surface area contributed by atoms with Gasteiger partial charge in [0.1, 0.15) is 11.5 Å². The Bertz CT molecular complexity index is 874. The normalized spacial score (nSPS) is 10.6. The minimum absolute atomic E-state index is 0.278. The smallest absolute Gasteiger partial charge is 0.273 e. The lowest BCUT2D eigenvalue weighted by molar-refractivity contribution is 0.101. The summed E-state index contributed by atoms with van der Waals surface area (Å²) in [6.45, 7) is 2.44. The van der Waals surface area contributed by atoms with Crippen LogP contribution in [0.25, 0.3) is 11.3 Å². The number of nitrogens with zero attached hydrogens (tertiary/aromatic N) is 2. The van der Waals surface area contributed by atoms with Gasteiger partial charge in [-0.1, -0.05) is 17.7 Å². The molecule has 0 bridgehead atoms. The number of hydrogen-bond acceptors (Lipinski definition) is 2. The van der Waals surface area contributed by atoms with Crippen LogP contribution in [0.3, 0.4) is 0 Å². The van der Waals surface area contributed by atoms with Crippen molar-refractivity contribution in [1.29, 1.82) is 0 Å². The Morgan fingerprint density at radius 1 is 1.21 bits per heavy atom. The summed E-state index contributed by atoms with van der Waals surface area (Å²) in [6.07, 6.45) is 0. The third kappa shape index (κ3) is 3.46. The average molecular weight is 344 g/mol. The molecule has 4 nitrogen and oxygen atoms in total. The summed E-state index contributed by atoms with van der Waals surface area (Å²) in [7, 11) is 0. The van der Waals surface area contributed by atoms with Crippen LogP contribution in [0.4, 0.5) is 10.1 Å². The molecule has 0 aliphatic carbocycles. The van der Waals surface area contributed by atoms with Gasteiger partial charge in [0, 0.05) is 22.8 Å². The zero-order valence-electron chi connectivity index (χ0n) is 13.0. The molecule has 1 heterocycles. The van der Waals surface area contributed by atoms with Crippen molar-refractivity contribution in [1.82, 2.24) is 9.78 Å². The van der Waals surface area contributed by atoms with Gasteiger partial charge in [-0.3, -0.25) is 9.48 Å². The van der Waals surface area contributed by atoms with Crippen LogP contribution in [-0.4, -0.2) is 15.7 Å². The second-order valence-corrected chi connectivity index (χ2v) is 5.64. The summed E-state index contributed by atoms with van der Waals surface area (Å²) in [5.74, 6) is -0.590. The van der Waals surface area contributed by atoms with E-state index in [-0.39, 0.29) is 11.7 Å². The molecule has 0 saturated heterocycles. The molecule has 122 valence electrons. The Balaban J connectivity index is 1.89. The molecule has 0 spiro atoms. The van der Waals surface area contributed by atoms with Crippen LogP contribution in [0.15, 0.2) is 54.6 Å². The van der Waals surface area contributed by atoms with Gasteiger partial charge in [0.05, 0.1) is 5.69 Å². The number of aryl methyl sites for hydroxylation is 1. The molecule has 0 atom stereocenters. The van der Waals surface area contributed by atoms with E-state index in [1.807, 2.05) is 6.92 Å². The van der Waals surface area contributed by atoms with E-state index >= 15 is 0 Å². The predicted octanol–water partition coefficient (Wildman–Crippen LogP) is 4.61. The Morgan fingerprint density at radius 3 is 2.62 bits per heavy atom. The van der Waals surface area contributed by atoms with E-state index in [4.69, 9.17) is 11.6 Å². The average Bonchev–Trinajstić information content (AvgIpc) is 3.00. The maximum absolute atomic E-state index is 13.1. The lowest BCUT2D eigenvalue weighted by Gasteiger charge is -2.06. The van der Waals surface area contributed by atoms with Gasteiger partial charge >= 0.3 is 0 Å².